The first-order valence-electron chi connectivity index (χ1n) is 6.26. The molecular weight excluding hydrogens is 404 g/mol. The van der Waals surface area contributed by atoms with Crippen LogP contribution in [-0.4, -0.2) is 32.4 Å². The normalized spacial score (nSPS) is 13.4. The maximum atomic E-state index is 11.4. The van der Waals surface area contributed by atoms with Crippen molar-refractivity contribution in [2.24, 2.45) is 7.05 Å². The molecule has 0 saturated heterocycles. The van der Waals surface area contributed by atoms with E-state index in [-0.39, 0.29) is 0 Å². The van der Waals surface area contributed by atoms with Gasteiger partial charge in [0.15, 0.2) is 20.0 Å². The zero-order valence-electron chi connectivity index (χ0n) is 13.3. The molecule has 0 aliphatic heterocycles. The fourth-order valence-electron chi connectivity index (χ4n) is 1.39. The summed E-state index contributed by atoms with van der Waals surface area (Å²) in [7, 11) is -11.3. The van der Waals surface area contributed by atoms with Crippen LogP contribution in [0.25, 0.3) is 4.13 Å². The number of nitrogens with zero attached hydrogens (tertiary/aromatic N) is 3. The Bertz CT molecular complexity index is 767. The van der Waals surface area contributed by atoms with Gasteiger partial charge in [-0.3, -0.25) is 0 Å². The highest BCUT2D eigenvalue weighted by molar-refractivity contribution is 8.13. The molecule has 0 bridgehead atoms. The van der Waals surface area contributed by atoms with Crippen LogP contribution in [-0.2, 0) is 33.6 Å². The molecule has 0 saturated carbocycles. The van der Waals surface area contributed by atoms with Gasteiger partial charge >= 0.3 is 11.0 Å². The van der Waals surface area contributed by atoms with Gasteiger partial charge in [0.05, 0.1) is 13.6 Å². The second kappa shape index (κ2) is 7.49. The number of hydrogen-bond acceptors (Lipinski definition) is 4. The molecule has 0 aliphatic carbocycles. The van der Waals surface area contributed by atoms with Crippen LogP contribution in [0.2, 0.25) is 0 Å². The molecule has 1 aromatic heterocycles. The van der Waals surface area contributed by atoms with E-state index in [0.29, 0.717) is 0 Å². The summed E-state index contributed by atoms with van der Waals surface area (Å²) in [6, 6.07) is 0. The molecule has 0 aliphatic rings. The summed E-state index contributed by atoms with van der Waals surface area (Å²) < 4.78 is 114. The Morgan fingerprint density at radius 3 is 1.52 bits per heavy atom. The molecule has 0 spiro atoms. The second-order valence-corrected chi connectivity index (χ2v) is 8.00. The third-order valence-electron chi connectivity index (χ3n) is 2.89. The standard InChI is InChI=1S/C8H15N2.C2F6NO4S2/c1-5-10-6-7(2)9(4)8(10)3;3-1(4,5)14(10,11)9-15(12,13)2(6,7)8/h6H,5H2,1-4H3;/q+1;-1. The van der Waals surface area contributed by atoms with Crippen molar-refractivity contribution in [1.29, 1.82) is 0 Å². The first-order chi connectivity index (χ1) is 10.9. The van der Waals surface area contributed by atoms with Crippen molar-refractivity contribution in [1.82, 2.24) is 4.57 Å². The van der Waals surface area contributed by atoms with Crippen molar-refractivity contribution < 1.29 is 47.7 Å². The van der Waals surface area contributed by atoms with Gasteiger partial charge in [0.2, 0.25) is 0 Å². The van der Waals surface area contributed by atoms with E-state index in [4.69, 9.17) is 0 Å². The first-order valence-corrected chi connectivity index (χ1v) is 9.14. The average molecular weight is 419 g/mol. The summed E-state index contributed by atoms with van der Waals surface area (Å²) in [5.41, 5.74) is -11.1. The van der Waals surface area contributed by atoms with E-state index in [0.717, 1.165) is 10.7 Å². The summed E-state index contributed by atoms with van der Waals surface area (Å²) in [6.45, 7) is 7.48. The van der Waals surface area contributed by atoms with Crippen LogP contribution < -0.4 is 4.57 Å². The maximum Gasteiger partial charge on any atom is 0.480 e. The molecule has 15 heteroatoms. The minimum atomic E-state index is -6.72. The van der Waals surface area contributed by atoms with E-state index in [1.807, 2.05) is 0 Å². The largest absolute Gasteiger partial charge is 0.480 e. The van der Waals surface area contributed by atoms with Gasteiger partial charge < -0.3 is 4.13 Å². The lowest BCUT2D eigenvalue weighted by Gasteiger charge is -2.22. The van der Waals surface area contributed by atoms with Gasteiger partial charge in [-0.25, -0.2) is 26.0 Å². The Labute approximate surface area is 140 Å². The molecule has 1 rings (SSSR count). The van der Waals surface area contributed by atoms with Gasteiger partial charge in [-0.15, -0.1) is 0 Å². The third-order valence-corrected chi connectivity index (χ3v) is 5.63. The lowest BCUT2D eigenvalue weighted by atomic mass is 10.5. The van der Waals surface area contributed by atoms with Crippen LogP contribution in [0.4, 0.5) is 26.3 Å². The highest BCUT2D eigenvalue weighted by atomic mass is 32.3. The number of aromatic nitrogens is 2. The Morgan fingerprint density at radius 1 is 1.00 bits per heavy atom. The maximum absolute atomic E-state index is 11.4. The smallest absolute Gasteiger partial charge is 0.421 e. The van der Waals surface area contributed by atoms with Crippen molar-refractivity contribution >= 4 is 20.0 Å². The van der Waals surface area contributed by atoms with E-state index >= 15 is 0 Å². The minimum Gasteiger partial charge on any atom is -0.421 e. The topological polar surface area (TPSA) is 91.2 Å². The Balaban J connectivity index is 0.000000496. The third kappa shape index (κ3) is 5.85. The zero-order valence-corrected chi connectivity index (χ0v) is 15.0. The molecule has 0 atom stereocenters. The summed E-state index contributed by atoms with van der Waals surface area (Å²) in [5, 5.41) is 0. The molecule has 0 amide bonds. The predicted molar refractivity (Wildman–Crippen MR) is 74.1 cm³/mol. The van der Waals surface area contributed by atoms with Crippen molar-refractivity contribution in [3.05, 3.63) is 21.8 Å². The van der Waals surface area contributed by atoms with E-state index in [2.05, 4.69) is 43.1 Å². The van der Waals surface area contributed by atoms with Gasteiger partial charge in [-0.2, -0.15) is 26.3 Å². The molecule has 7 nitrogen and oxygen atoms in total. The highest BCUT2D eigenvalue weighted by Crippen LogP contribution is 2.36. The quantitative estimate of drug-likeness (QED) is 0.554. The van der Waals surface area contributed by atoms with E-state index < -0.39 is 31.1 Å². The molecule has 0 unspecified atom stereocenters. The molecule has 0 N–H and O–H groups in total. The van der Waals surface area contributed by atoms with Crippen LogP contribution in [0.1, 0.15) is 18.4 Å². The zero-order chi connectivity index (χ0) is 20.4. The number of sulfonamides is 2. The monoisotopic (exact) mass is 419 g/mol. The van der Waals surface area contributed by atoms with Gasteiger partial charge in [0.25, 0.3) is 5.82 Å². The van der Waals surface area contributed by atoms with E-state index in [1.54, 1.807) is 0 Å². The summed E-state index contributed by atoms with van der Waals surface area (Å²) in [5.74, 6) is 1.32. The van der Waals surface area contributed by atoms with Crippen molar-refractivity contribution in [2.75, 3.05) is 0 Å². The predicted octanol–water partition coefficient (Wildman–Crippen LogP) is 2.01. The average Bonchev–Trinajstić information content (AvgIpc) is 2.63. The summed E-state index contributed by atoms with van der Waals surface area (Å²) in [4.78, 5) is 0. The molecule has 1 aromatic rings. The molecule has 0 aromatic carbocycles. The molecular formula is C10H15F6N3O4S2. The first kappa shape index (κ1) is 23.6. The van der Waals surface area contributed by atoms with Gasteiger partial charge in [-0.05, 0) is 6.92 Å². The SMILES string of the molecule is CC[n+]1cc(C)n(C)c1C.O=S(=O)([N-]S(=O)(=O)C(F)(F)F)C(F)(F)F. The lowest BCUT2D eigenvalue weighted by molar-refractivity contribution is -0.699. The van der Waals surface area contributed by atoms with Crippen LogP contribution in [0, 0.1) is 13.8 Å². The minimum absolute atomic E-state index is 0.778. The Hall–Kier alpha value is -1.35. The van der Waals surface area contributed by atoms with Gasteiger partial charge in [0.1, 0.15) is 11.9 Å². The van der Waals surface area contributed by atoms with Crippen LogP contribution in [0.3, 0.4) is 0 Å². The van der Waals surface area contributed by atoms with Gasteiger partial charge in [-0.1, -0.05) is 0 Å². The van der Waals surface area contributed by atoms with Crippen molar-refractivity contribution in [3.8, 4) is 0 Å². The van der Waals surface area contributed by atoms with Crippen LogP contribution >= 0.6 is 0 Å². The number of aryl methyl sites for hydroxylation is 2. The number of halogens is 6. The lowest BCUT2D eigenvalue weighted by Crippen LogP contribution is -2.33. The molecule has 0 radical (unpaired) electrons. The Kier molecular flexibility index (Phi) is 7.09. The molecule has 148 valence electrons. The van der Waals surface area contributed by atoms with Crippen molar-refractivity contribution in [2.45, 2.75) is 38.3 Å². The summed E-state index contributed by atoms with van der Waals surface area (Å²) >= 11 is 0. The highest BCUT2D eigenvalue weighted by Gasteiger charge is 2.46. The van der Waals surface area contributed by atoms with Gasteiger partial charge in [0, 0.05) is 13.8 Å². The molecule has 25 heavy (non-hydrogen) atoms. The number of alkyl halides is 6. The molecule has 0 fully saturated rings. The molecule has 1 heterocycles. The van der Waals surface area contributed by atoms with E-state index in [9.17, 15) is 43.2 Å². The summed E-state index contributed by atoms with van der Waals surface area (Å²) in [6.07, 6.45) is 2.18. The number of hydrogen-bond donors (Lipinski definition) is 0. The Morgan fingerprint density at radius 2 is 1.36 bits per heavy atom. The van der Waals surface area contributed by atoms with E-state index in [1.165, 1.54) is 11.5 Å². The van der Waals surface area contributed by atoms with Crippen molar-refractivity contribution in [3.63, 3.8) is 0 Å². The number of imidazole rings is 1. The van der Waals surface area contributed by atoms with Crippen LogP contribution in [0.15, 0.2) is 6.20 Å². The fourth-order valence-corrected chi connectivity index (χ4v) is 3.10. The second-order valence-electron chi connectivity index (χ2n) is 4.58. The fraction of sp³-hybridized carbons (Fsp3) is 0.700. The van der Waals surface area contributed by atoms with Crippen LogP contribution in [0.5, 0.6) is 0 Å². The number of rotatable bonds is 3.